The zero-order valence-corrected chi connectivity index (χ0v) is 14.2. The second kappa shape index (κ2) is 6.06. The van der Waals surface area contributed by atoms with E-state index < -0.39 is 0 Å². The van der Waals surface area contributed by atoms with Crippen molar-refractivity contribution in [1.82, 2.24) is 20.4 Å². The Bertz CT molecular complexity index is 724. The van der Waals surface area contributed by atoms with Gasteiger partial charge in [-0.1, -0.05) is 29.8 Å². The molecule has 1 amide bonds. The van der Waals surface area contributed by atoms with Gasteiger partial charge in [0.15, 0.2) is 0 Å². The first-order valence-electron chi connectivity index (χ1n) is 8.76. The Balaban J connectivity index is 1.49. The summed E-state index contributed by atoms with van der Waals surface area (Å²) in [6.07, 6.45) is 4.59. The van der Waals surface area contributed by atoms with Gasteiger partial charge in [0.25, 0.3) is 5.91 Å². The van der Waals surface area contributed by atoms with E-state index in [-0.39, 0.29) is 5.91 Å². The number of aryl methyl sites for hydroxylation is 1. The monoisotopic (exact) mass is 324 g/mol. The van der Waals surface area contributed by atoms with Crippen LogP contribution in [0.3, 0.4) is 0 Å². The molecule has 24 heavy (non-hydrogen) atoms. The number of carbonyl (C=O) groups is 1. The summed E-state index contributed by atoms with van der Waals surface area (Å²) in [5.74, 6) is 0.0344. The van der Waals surface area contributed by atoms with Crippen molar-refractivity contribution in [3.8, 4) is 11.3 Å². The molecular weight excluding hydrogens is 300 g/mol. The highest BCUT2D eigenvalue weighted by atomic mass is 16.2. The molecule has 2 fully saturated rings. The molecule has 2 bridgehead atoms. The summed E-state index contributed by atoms with van der Waals surface area (Å²) >= 11 is 0. The number of nitrogens with zero attached hydrogens (tertiary/aromatic N) is 2. The lowest BCUT2D eigenvalue weighted by Gasteiger charge is -2.35. The first-order valence-corrected chi connectivity index (χ1v) is 8.76. The lowest BCUT2D eigenvalue weighted by molar-refractivity contribution is 0.0675. The molecule has 0 radical (unpaired) electrons. The van der Waals surface area contributed by atoms with E-state index in [0.717, 1.165) is 24.1 Å². The Morgan fingerprint density at radius 1 is 1.17 bits per heavy atom. The van der Waals surface area contributed by atoms with Gasteiger partial charge in [-0.15, -0.1) is 0 Å². The topological polar surface area (TPSA) is 61.0 Å². The van der Waals surface area contributed by atoms with E-state index >= 15 is 0 Å². The Morgan fingerprint density at radius 3 is 2.50 bits per heavy atom. The molecule has 3 heterocycles. The number of hydrogen-bond donors (Lipinski definition) is 2. The summed E-state index contributed by atoms with van der Waals surface area (Å²) in [6, 6.07) is 11.5. The van der Waals surface area contributed by atoms with E-state index in [4.69, 9.17) is 0 Å². The molecule has 0 aliphatic carbocycles. The third-order valence-electron chi connectivity index (χ3n) is 5.47. The summed E-state index contributed by atoms with van der Waals surface area (Å²) in [7, 11) is 1.92. The lowest BCUT2D eigenvalue weighted by Crippen LogP contribution is -2.48. The van der Waals surface area contributed by atoms with Crippen molar-refractivity contribution in [3.05, 3.63) is 41.6 Å². The Hall–Kier alpha value is -2.14. The van der Waals surface area contributed by atoms with Gasteiger partial charge in [-0.3, -0.25) is 9.89 Å². The SMILES string of the molecule is Cc1ccc(-c2cc(C(=O)N(C)C3CC4CCC(C3)N4)[nH]n2)cc1. The van der Waals surface area contributed by atoms with Crippen molar-refractivity contribution >= 4 is 5.91 Å². The maximum atomic E-state index is 12.8. The van der Waals surface area contributed by atoms with Crippen molar-refractivity contribution in [3.63, 3.8) is 0 Å². The van der Waals surface area contributed by atoms with Crippen LogP contribution in [0.2, 0.25) is 0 Å². The van der Waals surface area contributed by atoms with Gasteiger partial charge in [-0.05, 0) is 38.7 Å². The minimum atomic E-state index is 0.0344. The number of hydrogen-bond acceptors (Lipinski definition) is 3. The number of benzene rings is 1. The highest BCUT2D eigenvalue weighted by molar-refractivity contribution is 5.93. The molecule has 126 valence electrons. The summed E-state index contributed by atoms with van der Waals surface area (Å²) < 4.78 is 0. The van der Waals surface area contributed by atoms with Crippen LogP contribution in [0.4, 0.5) is 0 Å². The fourth-order valence-corrected chi connectivity index (χ4v) is 4.00. The van der Waals surface area contributed by atoms with Crippen molar-refractivity contribution in [2.75, 3.05) is 7.05 Å². The highest BCUT2D eigenvalue weighted by Crippen LogP contribution is 2.30. The Labute approximate surface area is 142 Å². The number of aromatic nitrogens is 2. The van der Waals surface area contributed by atoms with Gasteiger partial charge in [0.2, 0.25) is 0 Å². The van der Waals surface area contributed by atoms with Crippen LogP contribution in [0.25, 0.3) is 11.3 Å². The van der Waals surface area contributed by atoms with Crippen LogP contribution in [-0.4, -0.2) is 46.2 Å². The Kier molecular flexibility index (Phi) is 3.88. The lowest BCUT2D eigenvalue weighted by atomic mass is 9.98. The number of amides is 1. The van der Waals surface area contributed by atoms with Crippen LogP contribution >= 0.6 is 0 Å². The van der Waals surface area contributed by atoms with Crippen LogP contribution in [0.1, 0.15) is 41.7 Å². The molecular formula is C19H24N4O. The van der Waals surface area contributed by atoms with Gasteiger partial charge >= 0.3 is 0 Å². The minimum absolute atomic E-state index is 0.0344. The first kappa shape index (κ1) is 15.4. The number of H-pyrrole nitrogens is 1. The Morgan fingerprint density at radius 2 is 1.83 bits per heavy atom. The van der Waals surface area contributed by atoms with E-state index in [1.807, 2.05) is 30.1 Å². The molecule has 2 aliphatic rings. The van der Waals surface area contributed by atoms with Gasteiger partial charge in [-0.25, -0.2) is 0 Å². The van der Waals surface area contributed by atoms with Crippen LogP contribution in [0.15, 0.2) is 30.3 Å². The molecule has 2 N–H and O–H groups in total. The average Bonchev–Trinajstić information content (AvgIpc) is 3.21. The molecule has 1 aromatic carbocycles. The number of carbonyl (C=O) groups excluding carboxylic acids is 1. The summed E-state index contributed by atoms with van der Waals surface area (Å²) in [4.78, 5) is 14.7. The third kappa shape index (κ3) is 2.84. The molecule has 4 rings (SSSR count). The smallest absolute Gasteiger partial charge is 0.271 e. The molecule has 0 spiro atoms. The molecule has 1 aromatic heterocycles. The van der Waals surface area contributed by atoms with Crippen molar-refractivity contribution < 1.29 is 4.79 Å². The fourth-order valence-electron chi connectivity index (χ4n) is 4.00. The number of nitrogens with one attached hydrogen (secondary N) is 2. The van der Waals surface area contributed by atoms with E-state index in [1.165, 1.54) is 18.4 Å². The molecule has 2 unspecified atom stereocenters. The van der Waals surface area contributed by atoms with E-state index in [2.05, 4.69) is 34.6 Å². The zero-order valence-electron chi connectivity index (χ0n) is 14.2. The summed E-state index contributed by atoms with van der Waals surface area (Å²) in [6.45, 7) is 2.06. The maximum absolute atomic E-state index is 12.8. The van der Waals surface area contributed by atoms with E-state index in [0.29, 0.717) is 23.8 Å². The molecule has 5 nitrogen and oxygen atoms in total. The molecule has 5 heteroatoms. The second-order valence-electron chi connectivity index (χ2n) is 7.21. The zero-order chi connectivity index (χ0) is 16.7. The summed E-state index contributed by atoms with van der Waals surface area (Å²) in [5.41, 5.74) is 3.63. The van der Waals surface area contributed by atoms with Gasteiger partial charge < -0.3 is 10.2 Å². The predicted octanol–water partition coefficient (Wildman–Crippen LogP) is 2.74. The predicted molar refractivity (Wildman–Crippen MR) is 93.8 cm³/mol. The number of rotatable bonds is 3. The van der Waals surface area contributed by atoms with Gasteiger partial charge in [0.1, 0.15) is 5.69 Å². The average molecular weight is 324 g/mol. The van der Waals surface area contributed by atoms with Crippen molar-refractivity contribution in [1.29, 1.82) is 0 Å². The van der Waals surface area contributed by atoms with Crippen LogP contribution in [0.5, 0.6) is 0 Å². The largest absolute Gasteiger partial charge is 0.337 e. The van der Waals surface area contributed by atoms with E-state index in [1.54, 1.807) is 0 Å². The number of piperidine rings is 1. The molecule has 2 saturated heterocycles. The maximum Gasteiger partial charge on any atom is 0.271 e. The van der Waals surface area contributed by atoms with Crippen LogP contribution in [0, 0.1) is 6.92 Å². The van der Waals surface area contributed by atoms with Crippen LogP contribution < -0.4 is 5.32 Å². The number of aromatic amines is 1. The van der Waals surface area contributed by atoms with Crippen LogP contribution in [-0.2, 0) is 0 Å². The van der Waals surface area contributed by atoms with Gasteiger partial charge in [-0.2, -0.15) is 5.10 Å². The first-order chi connectivity index (χ1) is 11.6. The van der Waals surface area contributed by atoms with E-state index in [9.17, 15) is 4.79 Å². The van der Waals surface area contributed by atoms with Gasteiger partial charge in [0, 0.05) is 30.7 Å². The third-order valence-corrected chi connectivity index (χ3v) is 5.47. The highest BCUT2D eigenvalue weighted by Gasteiger charge is 2.36. The van der Waals surface area contributed by atoms with Crippen molar-refractivity contribution in [2.24, 2.45) is 0 Å². The summed E-state index contributed by atoms with van der Waals surface area (Å²) in [5, 5.41) is 10.9. The normalized spacial score (nSPS) is 25.7. The molecule has 2 aromatic rings. The number of fused-ring (bicyclic) bond motifs is 2. The van der Waals surface area contributed by atoms with Gasteiger partial charge in [0.05, 0.1) is 5.69 Å². The van der Waals surface area contributed by atoms with Crippen molar-refractivity contribution in [2.45, 2.75) is 50.7 Å². The fraction of sp³-hybridized carbons (Fsp3) is 0.474. The standard InChI is InChI=1S/C19H24N4O/c1-12-3-5-13(6-4-12)17-11-18(22-21-17)19(24)23(2)16-9-14-7-8-15(10-16)20-14/h3-6,11,14-16,20H,7-10H2,1-2H3,(H,21,22). The quantitative estimate of drug-likeness (QED) is 0.912. The minimum Gasteiger partial charge on any atom is -0.337 e. The molecule has 2 atom stereocenters. The molecule has 2 aliphatic heterocycles. The molecule has 0 saturated carbocycles. The second-order valence-corrected chi connectivity index (χ2v) is 7.21.